The van der Waals surface area contributed by atoms with Crippen LogP contribution in [0, 0.1) is 11.7 Å². The standard InChI is InChI=1S/C31H32F6N4O6/c1-29(2,3)47-28(43)38-23-15-30(33,34)21-14-22(32)20(26-40-39-25(45-26)12-17-8-10-44-11-9-17)13-24(21)41(27(23)42)16-18-4-6-19(7-5-18)46-31(35,36)37/h4-7,13-14,17,23H,8-12,15-16H2,1-3H3,(H,38,43). The van der Waals surface area contributed by atoms with Crippen LogP contribution in [0.4, 0.5) is 36.8 Å². The van der Waals surface area contributed by atoms with E-state index in [1.54, 1.807) is 20.8 Å². The average Bonchev–Trinajstić information content (AvgIpc) is 3.40. The van der Waals surface area contributed by atoms with Gasteiger partial charge in [-0.1, -0.05) is 12.1 Å². The molecule has 2 aromatic carbocycles. The number of rotatable bonds is 7. The van der Waals surface area contributed by atoms with Crippen molar-refractivity contribution in [3.63, 3.8) is 0 Å². The monoisotopic (exact) mass is 670 g/mol. The van der Waals surface area contributed by atoms with Gasteiger partial charge in [0.1, 0.15) is 23.2 Å². The van der Waals surface area contributed by atoms with E-state index in [1.165, 1.54) is 12.1 Å². The highest BCUT2D eigenvalue weighted by Crippen LogP contribution is 2.45. The maximum atomic E-state index is 15.8. The highest BCUT2D eigenvalue weighted by molar-refractivity contribution is 6.00. The van der Waals surface area contributed by atoms with Crippen molar-refractivity contribution >= 4 is 17.7 Å². The van der Waals surface area contributed by atoms with Crippen LogP contribution in [0.1, 0.15) is 57.1 Å². The molecule has 3 aromatic rings. The zero-order valence-corrected chi connectivity index (χ0v) is 25.6. The number of hydrogen-bond donors (Lipinski definition) is 1. The number of halogens is 6. The summed E-state index contributed by atoms with van der Waals surface area (Å²) in [6.45, 7) is 5.32. The van der Waals surface area contributed by atoms with Gasteiger partial charge in [0.25, 0.3) is 11.8 Å². The Labute approximate surface area is 265 Å². The lowest BCUT2D eigenvalue weighted by Crippen LogP contribution is -2.49. The number of hydrogen-bond acceptors (Lipinski definition) is 8. The minimum absolute atomic E-state index is 0.197. The number of benzene rings is 2. The summed E-state index contributed by atoms with van der Waals surface area (Å²) in [5.74, 6) is -6.41. The first-order chi connectivity index (χ1) is 22.0. The first-order valence-corrected chi connectivity index (χ1v) is 14.8. The summed E-state index contributed by atoms with van der Waals surface area (Å²) in [4.78, 5) is 27.4. The van der Waals surface area contributed by atoms with Crippen molar-refractivity contribution in [3.05, 3.63) is 59.2 Å². The number of fused-ring (bicyclic) bond motifs is 1. The fourth-order valence-corrected chi connectivity index (χ4v) is 5.35. The average molecular weight is 671 g/mol. The summed E-state index contributed by atoms with van der Waals surface area (Å²) in [5.41, 5.74) is -2.45. The van der Waals surface area contributed by atoms with Gasteiger partial charge in [-0.05, 0) is 69.4 Å². The van der Waals surface area contributed by atoms with E-state index in [1.807, 2.05) is 0 Å². The van der Waals surface area contributed by atoms with E-state index in [-0.39, 0.29) is 28.8 Å². The fourth-order valence-electron chi connectivity index (χ4n) is 5.35. The molecule has 0 spiro atoms. The Morgan fingerprint density at radius 2 is 1.77 bits per heavy atom. The fraction of sp³-hybridized carbons (Fsp3) is 0.484. The van der Waals surface area contributed by atoms with Crippen LogP contribution in [0.3, 0.4) is 0 Å². The van der Waals surface area contributed by atoms with Gasteiger partial charge in [-0.25, -0.2) is 18.0 Å². The molecule has 16 heteroatoms. The highest BCUT2D eigenvalue weighted by Gasteiger charge is 2.47. The Morgan fingerprint density at radius 1 is 1.09 bits per heavy atom. The van der Waals surface area contributed by atoms with Crippen LogP contribution in [-0.4, -0.2) is 53.4 Å². The molecule has 2 aliphatic heterocycles. The summed E-state index contributed by atoms with van der Waals surface area (Å²) < 4.78 is 105. The van der Waals surface area contributed by atoms with Crippen LogP contribution < -0.4 is 15.0 Å². The Balaban J connectivity index is 1.53. The second kappa shape index (κ2) is 13.0. The minimum Gasteiger partial charge on any atom is -0.444 e. The van der Waals surface area contributed by atoms with Gasteiger partial charge in [-0.2, -0.15) is 0 Å². The molecule has 1 saturated heterocycles. The number of carbonyl (C=O) groups is 2. The number of carbonyl (C=O) groups excluding carboxylic acids is 2. The van der Waals surface area contributed by atoms with Gasteiger partial charge in [0, 0.05) is 31.6 Å². The summed E-state index contributed by atoms with van der Waals surface area (Å²) in [7, 11) is 0. The Hall–Kier alpha value is -4.34. The molecule has 254 valence electrons. The van der Waals surface area contributed by atoms with Crippen LogP contribution in [0.2, 0.25) is 0 Å². The lowest BCUT2D eigenvalue weighted by Gasteiger charge is -2.27. The predicted octanol–water partition coefficient (Wildman–Crippen LogP) is 6.67. The zero-order chi connectivity index (χ0) is 34.1. The molecule has 1 unspecified atom stereocenters. The number of nitrogens with zero attached hydrogens (tertiary/aromatic N) is 3. The molecule has 1 fully saturated rings. The van der Waals surface area contributed by atoms with Crippen molar-refractivity contribution in [1.82, 2.24) is 15.5 Å². The van der Waals surface area contributed by atoms with E-state index in [9.17, 15) is 22.8 Å². The molecule has 3 heterocycles. The van der Waals surface area contributed by atoms with Gasteiger partial charge in [-0.15, -0.1) is 23.4 Å². The number of nitrogens with one attached hydrogen (secondary N) is 1. The molecule has 0 saturated carbocycles. The Morgan fingerprint density at radius 3 is 2.40 bits per heavy atom. The molecular formula is C31H32F6N4O6. The second-order valence-corrected chi connectivity index (χ2v) is 12.3. The van der Waals surface area contributed by atoms with E-state index in [4.69, 9.17) is 13.9 Å². The molecule has 2 aliphatic rings. The van der Waals surface area contributed by atoms with E-state index < -0.39 is 71.7 Å². The third-order valence-corrected chi connectivity index (χ3v) is 7.48. The van der Waals surface area contributed by atoms with E-state index in [0.717, 1.165) is 35.9 Å². The Bertz CT molecular complexity index is 1600. The van der Waals surface area contributed by atoms with Crippen molar-refractivity contribution in [3.8, 4) is 17.2 Å². The van der Waals surface area contributed by atoms with Gasteiger partial charge >= 0.3 is 12.5 Å². The summed E-state index contributed by atoms with van der Waals surface area (Å²) >= 11 is 0. The summed E-state index contributed by atoms with van der Waals surface area (Å²) in [6.07, 6.45) is -5.40. The van der Waals surface area contributed by atoms with Crippen molar-refractivity contribution in [2.45, 2.75) is 76.9 Å². The lowest BCUT2D eigenvalue weighted by molar-refractivity contribution is -0.274. The van der Waals surface area contributed by atoms with Crippen molar-refractivity contribution in [2.24, 2.45) is 5.92 Å². The smallest absolute Gasteiger partial charge is 0.444 e. The summed E-state index contributed by atoms with van der Waals surface area (Å²) in [5, 5.41) is 10.1. The third-order valence-electron chi connectivity index (χ3n) is 7.48. The Kier molecular flexibility index (Phi) is 9.44. The molecular weight excluding hydrogens is 638 g/mol. The molecule has 47 heavy (non-hydrogen) atoms. The molecule has 0 radical (unpaired) electrons. The normalized spacial score (nSPS) is 18.8. The number of amides is 2. The molecule has 1 atom stereocenters. The van der Waals surface area contributed by atoms with Crippen molar-refractivity contribution in [2.75, 3.05) is 18.1 Å². The zero-order valence-electron chi connectivity index (χ0n) is 25.6. The highest BCUT2D eigenvalue weighted by atomic mass is 19.4. The molecule has 0 aliphatic carbocycles. The van der Waals surface area contributed by atoms with Crippen LogP contribution in [0.15, 0.2) is 40.8 Å². The maximum Gasteiger partial charge on any atom is 0.573 e. The molecule has 1 aromatic heterocycles. The molecule has 2 amide bonds. The van der Waals surface area contributed by atoms with E-state index in [2.05, 4.69) is 20.3 Å². The van der Waals surface area contributed by atoms with Gasteiger partial charge in [0.05, 0.1) is 17.8 Å². The lowest BCUT2D eigenvalue weighted by atomic mass is 9.97. The predicted molar refractivity (Wildman–Crippen MR) is 153 cm³/mol. The van der Waals surface area contributed by atoms with Crippen LogP contribution in [0.5, 0.6) is 5.75 Å². The van der Waals surface area contributed by atoms with Crippen LogP contribution in [0.25, 0.3) is 11.5 Å². The maximum absolute atomic E-state index is 15.8. The number of alkyl halides is 5. The van der Waals surface area contributed by atoms with Crippen LogP contribution in [-0.2, 0) is 33.2 Å². The third kappa shape index (κ3) is 8.53. The van der Waals surface area contributed by atoms with E-state index in [0.29, 0.717) is 25.7 Å². The summed E-state index contributed by atoms with van der Waals surface area (Å²) in [6, 6.07) is 4.12. The number of alkyl carbamates (subject to hydrolysis) is 1. The molecule has 10 nitrogen and oxygen atoms in total. The van der Waals surface area contributed by atoms with Gasteiger partial charge in [0.15, 0.2) is 0 Å². The molecule has 1 N–H and O–H groups in total. The first kappa shape index (κ1) is 34.0. The topological polar surface area (TPSA) is 116 Å². The molecule has 5 rings (SSSR count). The minimum atomic E-state index is -4.95. The number of aromatic nitrogens is 2. The van der Waals surface area contributed by atoms with Crippen molar-refractivity contribution in [1.29, 1.82) is 0 Å². The number of ether oxygens (including phenoxy) is 3. The van der Waals surface area contributed by atoms with Gasteiger partial charge in [0.2, 0.25) is 11.8 Å². The van der Waals surface area contributed by atoms with Crippen molar-refractivity contribution < 1.29 is 54.6 Å². The molecule has 0 bridgehead atoms. The van der Waals surface area contributed by atoms with Gasteiger partial charge < -0.3 is 28.8 Å². The second-order valence-electron chi connectivity index (χ2n) is 12.3. The first-order valence-electron chi connectivity index (χ1n) is 14.8. The van der Waals surface area contributed by atoms with Crippen LogP contribution >= 0.6 is 0 Å². The van der Waals surface area contributed by atoms with Gasteiger partial charge in [-0.3, -0.25) is 4.79 Å². The SMILES string of the molecule is CC(C)(C)OC(=O)NC1CC(F)(F)c2cc(F)c(-c3nnc(CC4CCOCC4)o3)cc2N(Cc2ccc(OC(F)(F)F)cc2)C1=O. The number of anilines is 1. The quantitative estimate of drug-likeness (QED) is 0.278. The largest absolute Gasteiger partial charge is 0.573 e. The van der Waals surface area contributed by atoms with E-state index >= 15 is 13.2 Å².